The first-order valence-corrected chi connectivity index (χ1v) is 9.54. The lowest BCUT2D eigenvalue weighted by atomic mass is 10.2. The molecule has 29 heavy (non-hydrogen) atoms. The van der Waals surface area contributed by atoms with Crippen LogP contribution in [0.25, 0.3) is 0 Å². The van der Waals surface area contributed by atoms with Crippen LogP contribution in [0.1, 0.15) is 15.9 Å². The van der Waals surface area contributed by atoms with Crippen LogP contribution >= 0.6 is 23.2 Å². The molecule has 2 amide bonds. The molecule has 3 aromatic rings. The molecule has 0 bridgehead atoms. The van der Waals surface area contributed by atoms with Crippen molar-refractivity contribution in [2.45, 2.75) is 6.92 Å². The number of carbonyl (C=O) groups excluding carboxylic acids is 2. The van der Waals surface area contributed by atoms with Crippen molar-refractivity contribution in [2.24, 2.45) is 0 Å². The molecular weight excluding hydrogens is 411 g/mol. The fourth-order valence-corrected chi connectivity index (χ4v) is 3.01. The van der Waals surface area contributed by atoms with E-state index in [0.29, 0.717) is 22.2 Å². The average Bonchev–Trinajstić information content (AvgIpc) is 2.69. The van der Waals surface area contributed by atoms with Crippen molar-refractivity contribution in [1.29, 1.82) is 0 Å². The van der Waals surface area contributed by atoms with Gasteiger partial charge in [-0.1, -0.05) is 53.0 Å². The van der Waals surface area contributed by atoms with Gasteiger partial charge in [0.15, 0.2) is 5.75 Å². The Bertz CT molecular complexity index is 1040. The van der Waals surface area contributed by atoms with Crippen LogP contribution in [0.5, 0.6) is 11.5 Å². The number of hydrogen-bond donors (Lipinski definition) is 2. The van der Waals surface area contributed by atoms with Crippen LogP contribution in [0.4, 0.5) is 5.69 Å². The standard InChI is InChI=1S/C22H18Cl2N2O3/c1-14-6-9-16(10-7-14)29-20-5-3-2-4-19(20)26-21(27)13-25-22(28)17-11-8-15(23)12-18(17)24/h2-12H,13H2,1H3,(H,25,28)(H,26,27). The monoisotopic (exact) mass is 428 g/mol. The van der Waals surface area contributed by atoms with Gasteiger partial charge < -0.3 is 15.4 Å². The smallest absolute Gasteiger partial charge is 0.253 e. The van der Waals surface area contributed by atoms with Gasteiger partial charge in [-0.15, -0.1) is 0 Å². The summed E-state index contributed by atoms with van der Waals surface area (Å²) in [5.74, 6) is 0.286. The van der Waals surface area contributed by atoms with E-state index in [4.69, 9.17) is 27.9 Å². The van der Waals surface area contributed by atoms with E-state index < -0.39 is 11.8 Å². The topological polar surface area (TPSA) is 67.4 Å². The summed E-state index contributed by atoms with van der Waals surface area (Å²) >= 11 is 11.8. The maximum atomic E-state index is 12.3. The maximum absolute atomic E-state index is 12.3. The first kappa shape index (κ1) is 20.7. The van der Waals surface area contributed by atoms with Gasteiger partial charge in [-0.05, 0) is 49.4 Å². The Hall–Kier alpha value is -3.02. The SMILES string of the molecule is Cc1ccc(Oc2ccccc2NC(=O)CNC(=O)c2ccc(Cl)cc2Cl)cc1. The van der Waals surface area contributed by atoms with Crippen molar-refractivity contribution in [1.82, 2.24) is 5.32 Å². The molecule has 3 aromatic carbocycles. The van der Waals surface area contributed by atoms with E-state index in [1.807, 2.05) is 37.3 Å². The molecule has 0 aromatic heterocycles. The molecule has 0 fully saturated rings. The maximum Gasteiger partial charge on any atom is 0.253 e. The minimum atomic E-state index is -0.467. The summed E-state index contributed by atoms with van der Waals surface area (Å²) in [4.78, 5) is 24.5. The second-order valence-corrected chi connectivity index (χ2v) is 7.11. The highest BCUT2D eigenvalue weighted by molar-refractivity contribution is 6.36. The highest BCUT2D eigenvalue weighted by Gasteiger charge is 2.13. The van der Waals surface area contributed by atoms with Gasteiger partial charge in [0, 0.05) is 5.02 Å². The highest BCUT2D eigenvalue weighted by atomic mass is 35.5. The number of nitrogens with one attached hydrogen (secondary N) is 2. The molecule has 0 aliphatic rings. The molecule has 0 unspecified atom stereocenters. The van der Waals surface area contributed by atoms with Crippen LogP contribution in [0, 0.1) is 6.92 Å². The van der Waals surface area contributed by atoms with E-state index in [1.165, 1.54) is 12.1 Å². The number of aryl methyl sites for hydroxylation is 1. The third kappa shape index (κ3) is 5.73. The second-order valence-electron chi connectivity index (χ2n) is 6.27. The Morgan fingerprint density at radius 2 is 1.69 bits per heavy atom. The third-order valence-electron chi connectivity index (χ3n) is 4.00. The second kappa shape index (κ2) is 9.45. The summed E-state index contributed by atoms with van der Waals surface area (Å²) in [5.41, 5.74) is 1.86. The average molecular weight is 429 g/mol. The molecule has 5 nitrogen and oxygen atoms in total. The van der Waals surface area contributed by atoms with Gasteiger partial charge in [0.1, 0.15) is 5.75 Å². The molecule has 0 radical (unpaired) electrons. The Morgan fingerprint density at radius 1 is 0.966 bits per heavy atom. The molecule has 3 rings (SSSR count). The molecule has 2 N–H and O–H groups in total. The van der Waals surface area contributed by atoms with Gasteiger partial charge in [-0.2, -0.15) is 0 Å². The summed E-state index contributed by atoms with van der Waals surface area (Å²) in [6, 6.07) is 19.2. The summed E-state index contributed by atoms with van der Waals surface area (Å²) in [7, 11) is 0. The first-order valence-electron chi connectivity index (χ1n) is 8.79. The summed E-state index contributed by atoms with van der Waals surface area (Å²) in [6.45, 7) is 1.76. The third-order valence-corrected chi connectivity index (χ3v) is 4.54. The molecule has 0 saturated heterocycles. The molecule has 7 heteroatoms. The van der Waals surface area contributed by atoms with Crippen molar-refractivity contribution < 1.29 is 14.3 Å². The number of anilines is 1. The van der Waals surface area contributed by atoms with Gasteiger partial charge in [0.05, 0.1) is 22.8 Å². The van der Waals surface area contributed by atoms with Gasteiger partial charge in [-0.3, -0.25) is 9.59 Å². The number of halogens is 2. The first-order chi connectivity index (χ1) is 13.9. The number of rotatable bonds is 6. The molecule has 0 aliphatic heterocycles. The van der Waals surface area contributed by atoms with Crippen LogP contribution in [0.3, 0.4) is 0 Å². The zero-order valence-electron chi connectivity index (χ0n) is 15.5. The lowest BCUT2D eigenvalue weighted by Gasteiger charge is -2.13. The largest absolute Gasteiger partial charge is 0.455 e. The number of ether oxygens (including phenoxy) is 1. The van der Waals surface area contributed by atoms with Crippen LogP contribution in [-0.2, 0) is 4.79 Å². The van der Waals surface area contributed by atoms with E-state index >= 15 is 0 Å². The summed E-state index contributed by atoms with van der Waals surface area (Å²) < 4.78 is 5.86. The Balaban J connectivity index is 1.62. The number of carbonyl (C=O) groups is 2. The van der Waals surface area contributed by atoms with Crippen LogP contribution in [0.2, 0.25) is 10.0 Å². The van der Waals surface area contributed by atoms with Crippen LogP contribution < -0.4 is 15.4 Å². The molecular formula is C22H18Cl2N2O3. The van der Waals surface area contributed by atoms with Crippen molar-refractivity contribution in [2.75, 3.05) is 11.9 Å². The van der Waals surface area contributed by atoms with Crippen molar-refractivity contribution >= 4 is 40.7 Å². The zero-order valence-corrected chi connectivity index (χ0v) is 17.1. The van der Waals surface area contributed by atoms with Crippen molar-refractivity contribution in [3.63, 3.8) is 0 Å². The molecule has 0 aliphatic carbocycles. The molecule has 0 heterocycles. The van der Waals surface area contributed by atoms with E-state index in [0.717, 1.165) is 5.56 Å². The predicted octanol–water partition coefficient (Wildman–Crippen LogP) is 5.46. The van der Waals surface area contributed by atoms with E-state index in [2.05, 4.69) is 10.6 Å². The van der Waals surface area contributed by atoms with Gasteiger partial charge in [0.2, 0.25) is 5.91 Å². The Labute approximate surface area is 178 Å². The minimum absolute atomic E-state index is 0.215. The Kier molecular flexibility index (Phi) is 6.75. The molecule has 0 saturated carbocycles. The zero-order chi connectivity index (χ0) is 20.8. The lowest BCUT2D eigenvalue weighted by molar-refractivity contribution is -0.115. The van der Waals surface area contributed by atoms with Crippen molar-refractivity contribution in [3.8, 4) is 11.5 Å². The normalized spacial score (nSPS) is 10.3. The molecule has 148 valence electrons. The fraction of sp³-hybridized carbons (Fsp3) is 0.0909. The number of hydrogen-bond acceptors (Lipinski definition) is 3. The number of amides is 2. The molecule has 0 atom stereocenters. The number of benzene rings is 3. The van der Waals surface area contributed by atoms with Gasteiger partial charge in [0.25, 0.3) is 5.91 Å². The van der Waals surface area contributed by atoms with Crippen molar-refractivity contribution in [3.05, 3.63) is 87.9 Å². The van der Waals surface area contributed by atoms with Gasteiger partial charge in [-0.25, -0.2) is 0 Å². The minimum Gasteiger partial charge on any atom is -0.455 e. The van der Waals surface area contributed by atoms with Gasteiger partial charge >= 0.3 is 0 Å². The van der Waals surface area contributed by atoms with Crippen LogP contribution in [-0.4, -0.2) is 18.4 Å². The Morgan fingerprint density at radius 3 is 2.41 bits per heavy atom. The van der Waals surface area contributed by atoms with E-state index in [-0.39, 0.29) is 17.1 Å². The van der Waals surface area contributed by atoms with Crippen LogP contribution in [0.15, 0.2) is 66.7 Å². The lowest BCUT2D eigenvalue weighted by Crippen LogP contribution is -2.33. The fourth-order valence-electron chi connectivity index (χ4n) is 2.52. The molecule has 0 spiro atoms. The van der Waals surface area contributed by atoms with E-state index in [9.17, 15) is 9.59 Å². The highest BCUT2D eigenvalue weighted by Crippen LogP contribution is 2.29. The quantitative estimate of drug-likeness (QED) is 0.547. The predicted molar refractivity (Wildman–Crippen MR) is 115 cm³/mol. The van der Waals surface area contributed by atoms with E-state index in [1.54, 1.807) is 24.3 Å². The number of para-hydroxylation sites is 2. The summed E-state index contributed by atoms with van der Waals surface area (Å²) in [5, 5.41) is 5.92. The summed E-state index contributed by atoms with van der Waals surface area (Å²) in [6.07, 6.45) is 0.